The van der Waals surface area contributed by atoms with E-state index in [-0.39, 0.29) is 5.91 Å². The zero-order valence-electron chi connectivity index (χ0n) is 15.6. The van der Waals surface area contributed by atoms with Gasteiger partial charge in [-0.2, -0.15) is 0 Å². The number of carbonyl (C=O) groups is 2. The summed E-state index contributed by atoms with van der Waals surface area (Å²) in [6.45, 7) is 0.456. The molecule has 154 valence electrons. The molecule has 0 saturated carbocycles. The first-order valence-corrected chi connectivity index (χ1v) is 10.8. The largest absolute Gasteiger partial charge is 0.322 e. The summed E-state index contributed by atoms with van der Waals surface area (Å²) in [5.41, 5.74) is 1.25. The molecule has 1 aliphatic heterocycles. The van der Waals surface area contributed by atoms with Crippen molar-refractivity contribution in [1.29, 1.82) is 0 Å². The SMILES string of the molecule is O=C(Nc1nnc(-c2ccccc2)s1)C1CCCN1C(=O)Nc1c(Cl)cccc1Cl. The predicted octanol–water partition coefficient (Wildman–Crippen LogP) is 5.15. The zero-order chi connectivity index (χ0) is 21.1. The maximum absolute atomic E-state index is 12.8. The minimum absolute atomic E-state index is 0.302. The van der Waals surface area contributed by atoms with E-state index >= 15 is 0 Å². The number of hydrogen-bond acceptors (Lipinski definition) is 5. The number of rotatable bonds is 4. The average molecular weight is 462 g/mol. The molecule has 0 aliphatic carbocycles. The molecule has 0 bridgehead atoms. The van der Waals surface area contributed by atoms with E-state index in [4.69, 9.17) is 23.2 Å². The lowest BCUT2D eigenvalue weighted by Crippen LogP contribution is -2.45. The Morgan fingerprint density at radius 1 is 1.00 bits per heavy atom. The molecule has 0 radical (unpaired) electrons. The molecule has 3 aromatic rings. The molecule has 1 saturated heterocycles. The molecule has 7 nitrogen and oxygen atoms in total. The van der Waals surface area contributed by atoms with E-state index in [2.05, 4.69) is 20.8 Å². The van der Waals surface area contributed by atoms with Crippen molar-refractivity contribution < 1.29 is 9.59 Å². The molecule has 1 atom stereocenters. The number of para-hydroxylation sites is 1. The first-order valence-electron chi connectivity index (χ1n) is 9.24. The van der Waals surface area contributed by atoms with Crippen molar-refractivity contribution in [3.63, 3.8) is 0 Å². The van der Waals surface area contributed by atoms with Crippen molar-refractivity contribution in [3.05, 3.63) is 58.6 Å². The Morgan fingerprint density at radius 3 is 2.47 bits per heavy atom. The summed E-state index contributed by atoms with van der Waals surface area (Å²) >= 11 is 13.5. The van der Waals surface area contributed by atoms with Gasteiger partial charge in [-0.25, -0.2) is 4.79 Å². The summed E-state index contributed by atoms with van der Waals surface area (Å²) in [6, 6.07) is 13.5. The molecule has 1 unspecified atom stereocenters. The first kappa shape index (κ1) is 20.6. The Labute approximate surface area is 187 Å². The van der Waals surface area contributed by atoms with Crippen LogP contribution in [-0.2, 0) is 4.79 Å². The van der Waals surface area contributed by atoms with Crippen molar-refractivity contribution in [2.24, 2.45) is 0 Å². The van der Waals surface area contributed by atoms with Crippen molar-refractivity contribution in [2.45, 2.75) is 18.9 Å². The summed E-state index contributed by atoms with van der Waals surface area (Å²) in [5.74, 6) is -0.302. The fourth-order valence-corrected chi connectivity index (χ4v) is 4.48. The zero-order valence-corrected chi connectivity index (χ0v) is 18.0. The molecule has 1 aromatic heterocycles. The fourth-order valence-electron chi connectivity index (χ4n) is 3.24. The number of carbonyl (C=O) groups excluding carboxylic acids is 2. The van der Waals surface area contributed by atoms with Gasteiger partial charge in [-0.1, -0.05) is 70.9 Å². The van der Waals surface area contributed by atoms with Crippen LogP contribution in [0.3, 0.4) is 0 Å². The molecule has 1 aliphatic rings. The monoisotopic (exact) mass is 461 g/mol. The minimum atomic E-state index is -0.615. The molecular formula is C20H17Cl2N5O2S. The molecule has 3 amide bonds. The number of nitrogens with one attached hydrogen (secondary N) is 2. The van der Waals surface area contributed by atoms with Crippen LogP contribution < -0.4 is 10.6 Å². The highest BCUT2D eigenvalue weighted by Gasteiger charge is 2.35. The quantitative estimate of drug-likeness (QED) is 0.562. The molecule has 0 spiro atoms. The molecule has 4 rings (SSSR count). The second-order valence-corrected chi connectivity index (χ2v) is 8.44. The van der Waals surface area contributed by atoms with Crippen LogP contribution in [0, 0.1) is 0 Å². The molecule has 2 N–H and O–H groups in total. The maximum atomic E-state index is 12.8. The second-order valence-electron chi connectivity index (χ2n) is 6.65. The highest BCUT2D eigenvalue weighted by Crippen LogP contribution is 2.31. The Morgan fingerprint density at radius 2 is 1.73 bits per heavy atom. The van der Waals surface area contributed by atoms with E-state index in [0.29, 0.717) is 45.3 Å². The van der Waals surface area contributed by atoms with Gasteiger partial charge < -0.3 is 10.2 Å². The highest BCUT2D eigenvalue weighted by atomic mass is 35.5. The number of benzene rings is 2. The second kappa shape index (κ2) is 8.99. The van der Waals surface area contributed by atoms with Gasteiger partial charge in [-0.3, -0.25) is 10.1 Å². The van der Waals surface area contributed by atoms with Crippen LogP contribution in [0.15, 0.2) is 48.5 Å². The van der Waals surface area contributed by atoms with E-state index in [1.54, 1.807) is 18.2 Å². The smallest absolute Gasteiger partial charge is 0.312 e. The van der Waals surface area contributed by atoms with E-state index in [9.17, 15) is 9.59 Å². The lowest BCUT2D eigenvalue weighted by molar-refractivity contribution is -0.119. The van der Waals surface area contributed by atoms with Crippen molar-refractivity contribution in [2.75, 3.05) is 17.2 Å². The summed E-state index contributed by atoms with van der Waals surface area (Å²) < 4.78 is 0. The van der Waals surface area contributed by atoms with E-state index in [0.717, 1.165) is 5.56 Å². The van der Waals surface area contributed by atoms with Crippen LogP contribution in [0.4, 0.5) is 15.6 Å². The Hall–Kier alpha value is -2.68. The van der Waals surface area contributed by atoms with Crippen LogP contribution in [0.25, 0.3) is 10.6 Å². The summed E-state index contributed by atoms with van der Waals surface area (Å²) in [4.78, 5) is 27.1. The van der Waals surface area contributed by atoms with Gasteiger partial charge in [0, 0.05) is 12.1 Å². The van der Waals surface area contributed by atoms with E-state index in [1.807, 2.05) is 30.3 Å². The van der Waals surface area contributed by atoms with Gasteiger partial charge in [0.2, 0.25) is 11.0 Å². The van der Waals surface area contributed by atoms with Crippen LogP contribution in [0.1, 0.15) is 12.8 Å². The summed E-state index contributed by atoms with van der Waals surface area (Å²) in [7, 11) is 0. The number of likely N-dealkylation sites (tertiary alicyclic amines) is 1. The van der Waals surface area contributed by atoms with Gasteiger partial charge in [-0.05, 0) is 25.0 Å². The van der Waals surface area contributed by atoms with E-state index in [1.165, 1.54) is 16.2 Å². The molecule has 10 heteroatoms. The molecule has 2 heterocycles. The number of amides is 3. The maximum Gasteiger partial charge on any atom is 0.322 e. The van der Waals surface area contributed by atoms with E-state index < -0.39 is 12.1 Å². The topological polar surface area (TPSA) is 87.2 Å². The lowest BCUT2D eigenvalue weighted by Gasteiger charge is -2.24. The normalized spacial score (nSPS) is 15.8. The molecule has 2 aromatic carbocycles. The number of hydrogen-bond donors (Lipinski definition) is 2. The van der Waals surface area contributed by atoms with Gasteiger partial charge in [-0.15, -0.1) is 10.2 Å². The van der Waals surface area contributed by atoms with Crippen molar-refractivity contribution in [3.8, 4) is 10.6 Å². The predicted molar refractivity (Wildman–Crippen MR) is 119 cm³/mol. The lowest BCUT2D eigenvalue weighted by atomic mass is 10.2. The number of aromatic nitrogens is 2. The van der Waals surface area contributed by atoms with Gasteiger partial charge in [0.1, 0.15) is 11.0 Å². The third-order valence-electron chi connectivity index (χ3n) is 4.69. The van der Waals surface area contributed by atoms with Crippen LogP contribution >= 0.6 is 34.5 Å². The Bertz CT molecular complexity index is 1060. The Balaban J connectivity index is 1.44. The van der Waals surface area contributed by atoms with Gasteiger partial charge in [0.05, 0.1) is 15.7 Å². The van der Waals surface area contributed by atoms with Gasteiger partial charge in [0.15, 0.2) is 0 Å². The van der Waals surface area contributed by atoms with Crippen molar-refractivity contribution in [1.82, 2.24) is 15.1 Å². The van der Waals surface area contributed by atoms with Gasteiger partial charge in [0.25, 0.3) is 0 Å². The molecular weight excluding hydrogens is 445 g/mol. The van der Waals surface area contributed by atoms with Crippen LogP contribution in [0.2, 0.25) is 10.0 Å². The summed E-state index contributed by atoms with van der Waals surface area (Å²) in [6.07, 6.45) is 1.27. The van der Waals surface area contributed by atoms with Gasteiger partial charge >= 0.3 is 6.03 Å². The first-order chi connectivity index (χ1) is 14.5. The van der Waals surface area contributed by atoms with Crippen LogP contribution in [-0.4, -0.2) is 39.6 Å². The third-order valence-corrected chi connectivity index (χ3v) is 6.20. The van der Waals surface area contributed by atoms with Crippen LogP contribution in [0.5, 0.6) is 0 Å². The molecule has 1 fully saturated rings. The highest BCUT2D eigenvalue weighted by molar-refractivity contribution is 7.18. The molecule has 30 heavy (non-hydrogen) atoms. The Kier molecular flexibility index (Phi) is 6.17. The average Bonchev–Trinajstić information content (AvgIpc) is 3.41. The minimum Gasteiger partial charge on any atom is -0.312 e. The number of halogens is 2. The third kappa shape index (κ3) is 4.40. The number of urea groups is 1. The summed E-state index contributed by atoms with van der Waals surface area (Å²) in [5, 5.41) is 15.4. The number of nitrogens with zero attached hydrogens (tertiary/aromatic N) is 3. The standard InChI is InChI=1S/C20H17Cl2N5O2S/c21-13-8-4-9-14(22)16(13)23-20(29)27-11-5-10-15(27)17(28)24-19-26-25-18(30-19)12-6-2-1-3-7-12/h1-4,6-9,15H,5,10-11H2,(H,23,29)(H,24,26,28). The number of anilines is 2. The van der Waals surface area contributed by atoms with Crippen molar-refractivity contribution >= 4 is 57.3 Å². The fraction of sp³-hybridized carbons (Fsp3) is 0.200.